The number of para-hydroxylation sites is 1. The van der Waals surface area contributed by atoms with Crippen LogP contribution in [0.1, 0.15) is 11.1 Å². The first kappa shape index (κ1) is 16.1. The van der Waals surface area contributed by atoms with Gasteiger partial charge in [-0.25, -0.2) is 0 Å². The zero-order valence-corrected chi connectivity index (χ0v) is 12.8. The number of phenols is 1. The van der Waals surface area contributed by atoms with Crippen LogP contribution in [-0.4, -0.2) is 18.1 Å². The summed E-state index contributed by atoms with van der Waals surface area (Å²) in [6.45, 7) is 1.86. The van der Waals surface area contributed by atoms with Crippen molar-refractivity contribution >= 4 is 17.7 Å². The number of anilines is 1. The molecular weight excluding hydrogens is 292 g/mol. The molecule has 0 aliphatic rings. The fourth-order valence-electron chi connectivity index (χ4n) is 1.98. The highest BCUT2D eigenvalue weighted by atomic mass is 16.5. The maximum Gasteiger partial charge on any atom is 0.266 e. The molecule has 0 aliphatic heterocycles. The molecule has 0 unspecified atom stereocenters. The zero-order valence-electron chi connectivity index (χ0n) is 12.8. The Bertz CT molecular complexity index is 804. The molecule has 0 atom stereocenters. The summed E-state index contributed by atoms with van der Waals surface area (Å²) in [5, 5.41) is 21.8. The molecule has 0 saturated carbocycles. The van der Waals surface area contributed by atoms with Gasteiger partial charge in [-0.15, -0.1) is 0 Å². The Labute approximate surface area is 134 Å². The first-order chi connectivity index (χ1) is 11.0. The second-order valence-corrected chi connectivity index (χ2v) is 4.86. The van der Waals surface area contributed by atoms with Gasteiger partial charge in [-0.2, -0.15) is 5.26 Å². The van der Waals surface area contributed by atoms with Crippen molar-refractivity contribution in [3.8, 4) is 17.6 Å². The molecule has 2 N–H and O–H groups in total. The van der Waals surface area contributed by atoms with Crippen LogP contribution in [0.15, 0.2) is 48.0 Å². The molecule has 0 aromatic heterocycles. The summed E-state index contributed by atoms with van der Waals surface area (Å²) in [7, 11) is 1.49. The summed E-state index contributed by atoms with van der Waals surface area (Å²) in [4.78, 5) is 12.2. The number of nitriles is 1. The molecule has 0 radical (unpaired) electrons. The van der Waals surface area contributed by atoms with Crippen molar-refractivity contribution in [1.82, 2.24) is 0 Å². The first-order valence-corrected chi connectivity index (χ1v) is 6.91. The Morgan fingerprint density at radius 2 is 2.04 bits per heavy atom. The number of phenolic OH excluding ortho intramolecular Hbond substituents is 1. The van der Waals surface area contributed by atoms with Crippen molar-refractivity contribution in [2.24, 2.45) is 0 Å². The molecule has 5 nitrogen and oxygen atoms in total. The number of hydrogen-bond donors (Lipinski definition) is 2. The highest BCUT2D eigenvalue weighted by Crippen LogP contribution is 2.25. The van der Waals surface area contributed by atoms with Crippen molar-refractivity contribution in [2.45, 2.75) is 6.92 Å². The average Bonchev–Trinajstić information content (AvgIpc) is 2.55. The second kappa shape index (κ2) is 7.14. The van der Waals surface area contributed by atoms with Crippen LogP contribution in [0.25, 0.3) is 6.08 Å². The van der Waals surface area contributed by atoms with E-state index in [0.717, 1.165) is 5.56 Å². The molecule has 0 fully saturated rings. The highest BCUT2D eigenvalue weighted by Gasteiger charge is 2.12. The Balaban J connectivity index is 2.27. The number of aryl methyl sites for hydroxylation is 1. The molecule has 2 aromatic rings. The van der Waals surface area contributed by atoms with Crippen LogP contribution in [0, 0.1) is 18.3 Å². The van der Waals surface area contributed by atoms with Crippen LogP contribution < -0.4 is 10.1 Å². The number of amides is 1. The fraction of sp³-hybridized carbons (Fsp3) is 0.111. The third kappa shape index (κ3) is 3.89. The number of methoxy groups -OCH3 is 1. The number of rotatable bonds is 4. The first-order valence-electron chi connectivity index (χ1n) is 6.91. The van der Waals surface area contributed by atoms with Crippen molar-refractivity contribution in [3.63, 3.8) is 0 Å². The molecule has 116 valence electrons. The van der Waals surface area contributed by atoms with E-state index in [1.54, 1.807) is 24.3 Å². The van der Waals surface area contributed by atoms with Gasteiger partial charge in [-0.1, -0.05) is 18.2 Å². The van der Waals surface area contributed by atoms with Gasteiger partial charge in [0.1, 0.15) is 23.1 Å². The van der Waals surface area contributed by atoms with Crippen LogP contribution in [0.4, 0.5) is 5.69 Å². The minimum atomic E-state index is -0.531. The van der Waals surface area contributed by atoms with Gasteiger partial charge in [-0.05, 0) is 36.8 Å². The van der Waals surface area contributed by atoms with Gasteiger partial charge in [0.05, 0.1) is 7.11 Å². The number of carbonyl (C=O) groups excluding carboxylic acids is 1. The van der Waals surface area contributed by atoms with Gasteiger partial charge in [0.2, 0.25) is 0 Å². The monoisotopic (exact) mass is 308 g/mol. The van der Waals surface area contributed by atoms with Crippen molar-refractivity contribution < 1.29 is 14.6 Å². The molecule has 5 heteroatoms. The number of ether oxygens (including phenoxy) is 1. The average molecular weight is 308 g/mol. The van der Waals surface area contributed by atoms with Gasteiger partial charge >= 0.3 is 0 Å². The molecule has 0 aliphatic carbocycles. The van der Waals surface area contributed by atoms with E-state index in [1.165, 1.54) is 19.3 Å². The topological polar surface area (TPSA) is 82.3 Å². The predicted molar refractivity (Wildman–Crippen MR) is 88.1 cm³/mol. The molecule has 1 amide bonds. The molecular formula is C18H16N2O3. The normalized spacial score (nSPS) is 10.7. The van der Waals surface area contributed by atoms with Crippen LogP contribution in [0.5, 0.6) is 11.5 Å². The van der Waals surface area contributed by atoms with Crippen LogP contribution in [-0.2, 0) is 4.79 Å². The fourth-order valence-corrected chi connectivity index (χ4v) is 1.98. The summed E-state index contributed by atoms with van der Waals surface area (Å²) in [5.74, 6) is -0.111. The zero-order chi connectivity index (χ0) is 16.8. The third-order valence-electron chi connectivity index (χ3n) is 3.30. The molecule has 0 bridgehead atoms. The quantitative estimate of drug-likeness (QED) is 0.671. The van der Waals surface area contributed by atoms with E-state index in [2.05, 4.69) is 5.32 Å². The van der Waals surface area contributed by atoms with E-state index >= 15 is 0 Å². The van der Waals surface area contributed by atoms with E-state index in [0.29, 0.717) is 17.0 Å². The van der Waals surface area contributed by atoms with E-state index in [9.17, 15) is 15.2 Å². The van der Waals surface area contributed by atoms with E-state index in [1.807, 2.05) is 25.1 Å². The lowest BCUT2D eigenvalue weighted by Crippen LogP contribution is -2.14. The van der Waals surface area contributed by atoms with Gasteiger partial charge in [0.15, 0.2) is 0 Å². The maximum atomic E-state index is 12.2. The molecule has 2 rings (SSSR count). The lowest BCUT2D eigenvalue weighted by Gasteiger charge is -2.08. The lowest BCUT2D eigenvalue weighted by molar-refractivity contribution is -0.112. The number of carbonyl (C=O) groups is 1. The van der Waals surface area contributed by atoms with Crippen molar-refractivity contribution in [3.05, 3.63) is 59.2 Å². The predicted octanol–water partition coefficient (Wildman–Crippen LogP) is 3.25. The second-order valence-electron chi connectivity index (χ2n) is 4.86. The summed E-state index contributed by atoms with van der Waals surface area (Å²) < 4.78 is 5.00. The maximum absolute atomic E-state index is 12.2. The van der Waals surface area contributed by atoms with Gasteiger partial charge in [0.25, 0.3) is 5.91 Å². The minimum Gasteiger partial charge on any atom is -0.507 e. The van der Waals surface area contributed by atoms with Crippen LogP contribution in [0.2, 0.25) is 0 Å². The number of hydrogen-bond acceptors (Lipinski definition) is 4. The summed E-state index contributed by atoms with van der Waals surface area (Å²) >= 11 is 0. The molecule has 0 heterocycles. The van der Waals surface area contributed by atoms with Gasteiger partial charge in [0, 0.05) is 17.3 Å². The highest BCUT2D eigenvalue weighted by molar-refractivity contribution is 6.10. The van der Waals surface area contributed by atoms with E-state index in [-0.39, 0.29) is 11.3 Å². The standard InChI is InChI=1S/C18H16N2O3/c1-12-5-3-4-6-16(12)20-18(22)14(11-19)9-13-7-8-15(23-2)10-17(13)21/h3-10,21H,1-2H3,(H,20,22)/b14-9+. The minimum absolute atomic E-state index is 0.0687. The van der Waals surface area contributed by atoms with Crippen molar-refractivity contribution in [1.29, 1.82) is 5.26 Å². The largest absolute Gasteiger partial charge is 0.507 e. The summed E-state index contributed by atoms with van der Waals surface area (Å²) in [6, 6.07) is 13.8. The van der Waals surface area contributed by atoms with Gasteiger partial charge in [-0.3, -0.25) is 4.79 Å². The molecule has 0 saturated heterocycles. The number of benzene rings is 2. The third-order valence-corrected chi connectivity index (χ3v) is 3.30. The van der Waals surface area contributed by atoms with Crippen LogP contribution in [0.3, 0.4) is 0 Å². The summed E-state index contributed by atoms with van der Waals surface area (Å²) in [5.41, 5.74) is 1.79. The van der Waals surface area contributed by atoms with E-state index in [4.69, 9.17) is 4.74 Å². The Hall–Kier alpha value is -3.26. The number of nitrogens with zero attached hydrogens (tertiary/aromatic N) is 1. The smallest absolute Gasteiger partial charge is 0.266 e. The Morgan fingerprint density at radius 3 is 2.65 bits per heavy atom. The Kier molecular flexibility index (Phi) is 5.00. The van der Waals surface area contributed by atoms with Crippen molar-refractivity contribution in [2.75, 3.05) is 12.4 Å². The van der Waals surface area contributed by atoms with E-state index < -0.39 is 5.91 Å². The SMILES string of the molecule is COc1ccc(/C=C(\C#N)C(=O)Nc2ccccc2C)c(O)c1. The molecule has 2 aromatic carbocycles. The lowest BCUT2D eigenvalue weighted by atomic mass is 10.1. The Morgan fingerprint density at radius 1 is 1.30 bits per heavy atom. The summed E-state index contributed by atoms with van der Waals surface area (Å²) in [6.07, 6.45) is 1.34. The molecule has 23 heavy (non-hydrogen) atoms. The number of aromatic hydroxyl groups is 1. The van der Waals surface area contributed by atoms with Crippen LogP contribution >= 0.6 is 0 Å². The van der Waals surface area contributed by atoms with Gasteiger partial charge < -0.3 is 15.2 Å². The number of nitrogens with one attached hydrogen (secondary N) is 1. The molecule has 0 spiro atoms.